The molecule has 30 heavy (non-hydrogen) atoms. The maximum absolute atomic E-state index is 12.8. The molecule has 160 valence electrons. The van der Waals surface area contributed by atoms with E-state index in [1.54, 1.807) is 18.2 Å². The summed E-state index contributed by atoms with van der Waals surface area (Å²) < 4.78 is 22.8. The number of rotatable bonds is 8. The molecule has 6 nitrogen and oxygen atoms in total. The van der Waals surface area contributed by atoms with E-state index in [1.807, 2.05) is 19.9 Å². The number of unbranched alkanes of at least 4 members (excludes halogenated alkanes) is 1. The molecule has 0 saturated heterocycles. The molecule has 0 radical (unpaired) electrons. The van der Waals surface area contributed by atoms with Crippen LogP contribution in [-0.4, -0.2) is 25.9 Å². The van der Waals surface area contributed by atoms with Crippen molar-refractivity contribution in [3.8, 4) is 34.3 Å². The van der Waals surface area contributed by atoms with Gasteiger partial charge in [0.05, 0.1) is 26.2 Å². The Hall–Kier alpha value is -3.15. The fourth-order valence-corrected chi connectivity index (χ4v) is 3.43. The van der Waals surface area contributed by atoms with Gasteiger partial charge in [-0.05, 0) is 55.2 Å². The lowest BCUT2D eigenvalue weighted by atomic mass is 10.0. The molecule has 1 N–H and O–H groups in total. The van der Waals surface area contributed by atoms with Crippen LogP contribution in [0.15, 0.2) is 33.5 Å². The van der Waals surface area contributed by atoms with E-state index in [-0.39, 0.29) is 5.76 Å². The Morgan fingerprint density at radius 3 is 2.27 bits per heavy atom. The second-order valence-corrected chi connectivity index (χ2v) is 7.15. The molecule has 0 aliphatic rings. The van der Waals surface area contributed by atoms with Crippen molar-refractivity contribution in [3.63, 3.8) is 0 Å². The zero-order valence-electron chi connectivity index (χ0n) is 18.1. The summed E-state index contributed by atoms with van der Waals surface area (Å²) in [5.41, 5.74) is 2.48. The molecule has 0 amide bonds. The van der Waals surface area contributed by atoms with E-state index < -0.39 is 11.2 Å². The van der Waals surface area contributed by atoms with Gasteiger partial charge in [-0.3, -0.25) is 4.79 Å². The predicted molar refractivity (Wildman–Crippen MR) is 117 cm³/mol. The molecule has 0 atom stereocenters. The summed E-state index contributed by atoms with van der Waals surface area (Å²) in [6, 6.07) is 6.95. The van der Waals surface area contributed by atoms with E-state index in [2.05, 4.69) is 6.92 Å². The second-order valence-electron chi connectivity index (χ2n) is 7.15. The molecule has 1 heterocycles. The fraction of sp³-hybridized carbons (Fsp3) is 0.375. The second kappa shape index (κ2) is 9.11. The Bertz CT molecular complexity index is 1090. The van der Waals surface area contributed by atoms with Crippen LogP contribution in [0, 0.1) is 6.92 Å². The van der Waals surface area contributed by atoms with Crippen molar-refractivity contribution in [1.82, 2.24) is 0 Å². The van der Waals surface area contributed by atoms with Crippen LogP contribution in [0.4, 0.5) is 0 Å². The number of methoxy groups -OCH3 is 2. The number of hydrogen-bond donors (Lipinski definition) is 1. The van der Waals surface area contributed by atoms with Gasteiger partial charge in [-0.15, -0.1) is 0 Å². The first-order chi connectivity index (χ1) is 14.4. The fourth-order valence-electron chi connectivity index (χ4n) is 3.43. The van der Waals surface area contributed by atoms with E-state index in [4.69, 9.17) is 18.6 Å². The van der Waals surface area contributed by atoms with Crippen molar-refractivity contribution in [2.24, 2.45) is 0 Å². The summed E-state index contributed by atoms with van der Waals surface area (Å²) in [5, 5.41) is 11.0. The van der Waals surface area contributed by atoms with Crippen LogP contribution < -0.4 is 19.6 Å². The molecule has 0 aliphatic carbocycles. The average molecular weight is 412 g/mol. The number of aryl methyl sites for hydroxylation is 2. The van der Waals surface area contributed by atoms with Gasteiger partial charge < -0.3 is 23.7 Å². The van der Waals surface area contributed by atoms with E-state index in [1.165, 1.54) is 14.2 Å². The summed E-state index contributed by atoms with van der Waals surface area (Å²) in [5.74, 6) is 0.954. The Labute approximate surface area is 176 Å². The largest absolute Gasteiger partial charge is 0.502 e. The van der Waals surface area contributed by atoms with E-state index in [0.29, 0.717) is 40.4 Å². The molecular formula is C24H28O6. The SMILES string of the molecule is CCCCOc1c(OC)cc(-c2oc3cc(CC)c(C)cc3c(=O)c2O)cc1OC. The Morgan fingerprint density at radius 1 is 1.03 bits per heavy atom. The van der Waals surface area contributed by atoms with Crippen molar-refractivity contribution < 1.29 is 23.7 Å². The highest BCUT2D eigenvalue weighted by Gasteiger charge is 2.21. The number of benzene rings is 2. The standard InChI is InChI=1S/C24H28O6/c1-6-8-9-29-24-19(27-4)12-16(13-20(24)28-5)23-22(26)21(25)17-10-14(3)15(7-2)11-18(17)30-23/h10-13,26H,6-9H2,1-5H3. The monoisotopic (exact) mass is 412 g/mol. The first-order valence-electron chi connectivity index (χ1n) is 10.1. The van der Waals surface area contributed by atoms with Crippen LogP contribution in [0.25, 0.3) is 22.3 Å². The third kappa shape index (κ3) is 3.95. The summed E-state index contributed by atoms with van der Waals surface area (Å²) in [6.45, 7) is 6.59. The van der Waals surface area contributed by atoms with Gasteiger partial charge in [0.1, 0.15) is 5.58 Å². The summed E-state index contributed by atoms with van der Waals surface area (Å²) in [6.07, 6.45) is 2.71. The maximum atomic E-state index is 12.8. The van der Waals surface area contributed by atoms with E-state index >= 15 is 0 Å². The zero-order valence-corrected chi connectivity index (χ0v) is 18.1. The zero-order chi connectivity index (χ0) is 21.8. The van der Waals surface area contributed by atoms with Crippen molar-refractivity contribution in [3.05, 3.63) is 45.6 Å². The molecule has 6 heteroatoms. The van der Waals surface area contributed by atoms with Gasteiger partial charge in [-0.25, -0.2) is 0 Å². The van der Waals surface area contributed by atoms with Crippen molar-refractivity contribution in [2.75, 3.05) is 20.8 Å². The van der Waals surface area contributed by atoms with Gasteiger partial charge in [-0.1, -0.05) is 20.3 Å². The molecule has 2 aromatic carbocycles. The molecule has 0 fully saturated rings. The highest BCUT2D eigenvalue weighted by Crippen LogP contribution is 2.43. The number of fused-ring (bicyclic) bond motifs is 1. The Kier molecular flexibility index (Phi) is 6.55. The quantitative estimate of drug-likeness (QED) is 0.510. The Morgan fingerprint density at radius 2 is 1.70 bits per heavy atom. The van der Waals surface area contributed by atoms with Crippen LogP contribution in [0.2, 0.25) is 0 Å². The molecular weight excluding hydrogens is 384 g/mol. The maximum Gasteiger partial charge on any atom is 0.235 e. The molecule has 0 unspecified atom stereocenters. The van der Waals surface area contributed by atoms with Crippen LogP contribution in [0.1, 0.15) is 37.8 Å². The predicted octanol–water partition coefficient (Wildman–Crippen LogP) is 5.23. The minimum absolute atomic E-state index is 0.0649. The first kappa shape index (κ1) is 21.6. The number of ether oxygens (including phenoxy) is 3. The molecule has 0 bridgehead atoms. The number of aromatic hydroxyl groups is 1. The summed E-state index contributed by atoms with van der Waals surface area (Å²) in [4.78, 5) is 12.8. The highest BCUT2D eigenvalue weighted by atomic mass is 16.5. The first-order valence-corrected chi connectivity index (χ1v) is 10.1. The van der Waals surface area contributed by atoms with Gasteiger partial charge in [-0.2, -0.15) is 0 Å². The molecule has 0 saturated carbocycles. The van der Waals surface area contributed by atoms with Crippen LogP contribution in [0.3, 0.4) is 0 Å². The number of hydrogen-bond acceptors (Lipinski definition) is 6. The lowest BCUT2D eigenvalue weighted by molar-refractivity contribution is 0.270. The van der Waals surface area contributed by atoms with Gasteiger partial charge in [0, 0.05) is 5.56 Å². The minimum atomic E-state index is -0.474. The molecule has 1 aromatic heterocycles. The smallest absolute Gasteiger partial charge is 0.235 e. The van der Waals surface area contributed by atoms with Crippen LogP contribution in [0.5, 0.6) is 23.0 Å². The topological polar surface area (TPSA) is 78.1 Å². The van der Waals surface area contributed by atoms with Crippen molar-refractivity contribution in [2.45, 2.75) is 40.0 Å². The van der Waals surface area contributed by atoms with Crippen LogP contribution >= 0.6 is 0 Å². The normalized spacial score (nSPS) is 11.0. The van der Waals surface area contributed by atoms with Crippen molar-refractivity contribution >= 4 is 11.0 Å². The minimum Gasteiger partial charge on any atom is -0.502 e. The van der Waals surface area contributed by atoms with Crippen LogP contribution in [-0.2, 0) is 6.42 Å². The third-order valence-electron chi connectivity index (χ3n) is 5.17. The molecule has 0 aliphatic heterocycles. The van der Waals surface area contributed by atoms with Gasteiger partial charge in [0.15, 0.2) is 17.3 Å². The van der Waals surface area contributed by atoms with E-state index in [0.717, 1.165) is 30.4 Å². The highest BCUT2D eigenvalue weighted by molar-refractivity contribution is 5.84. The third-order valence-corrected chi connectivity index (χ3v) is 5.17. The molecule has 3 rings (SSSR count). The van der Waals surface area contributed by atoms with Crippen molar-refractivity contribution in [1.29, 1.82) is 0 Å². The van der Waals surface area contributed by atoms with Gasteiger partial charge in [0.25, 0.3) is 0 Å². The average Bonchev–Trinajstić information content (AvgIpc) is 2.76. The summed E-state index contributed by atoms with van der Waals surface area (Å²) in [7, 11) is 3.05. The molecule has 0 spiro atoms. The van der Waals surface area contributed by atoms with E-state index in [9.17, 15) is 9.90 Å². The lowest BCUT2D eigenvalue weighted by Gasteiger charge is -2.16. The lowest BCUT2D eigenvalue weighted by Crippen LogP contribution is -2.05. The van der Waals surface area contributed by atoms with Gasteiger partial charge >= 0.3 is 0 Å². The Balaban J connectivity index is 2.20. The summed E-state index contributed by atoms with van der Waals surface area (Å²) >= 11 is 0. The van der Waals surface area contributed by atoms with Gasteiger partial charge in [0.2, 0.25) is 16.9 Å². The molecule has 3 aromatic rings.